The van der Waals surface area contributed by atoms with Gasteiger partial charge in [-0.15, -0.1) is 10.1 Å². The molecule has 4 atom stereocenters. The van der Waals surface area contributed by atoms with Crippen molar-refractivity contribution in [1.29, 1.82) is 0 Å². The topological polar surface area (TPSA) is 131 Å². The fourth-order valence-corrected chi connectivity index (χ4v) is 6.55. The third-order valence-electron chi connectivity index (χ3n) is 9.24. The number of hydrogen-bond acceptors (Lipinski definition) is 10. The van der Waals surface area contributed by atoms with Gasteiger partial charge < -0.3 is 28.4 Å². The predicted octanol–water partition coefficient (Wildman–Crippen LogP) is 6.74. The van der Waals surface area contributed by atoms with E-state index in [-0.39, 0.29) is 24.6 Å². The summed E-state index contributed by atoms with van der Waals surface area (Å²) >= 11 is 0. The Labute approximate surface area is 281 Å². The second-order valence-corrected chi connectivity index (χ2v) is 12.8. The van der Waals surface area contributed by atoms with Gasteiger partial charge in [0.2, 0.25) is 0 Å². The summed E-state index contributed by atoms with van der Waals surface area (Å²) in [6.45, 7) is 9.92. The Hall–Kier alpha value is -3.80. The van der Waals surface area contributed by atoms with Crippen molar-refractivity contribution < 1.29 is 38.1 Å². The van der Waals surface area contributed by atoms with Gasteiger partial charge in [-0.2, -0.15) is 0 Å². The lowest BCUT2D eigenvalue weighted by atomic mass is 9.96. The molecule has 2 saturated heterocycles. The number of fused-ring (bicyclic) bond motifs is 2. The molecule has 5 rings (SSSR count). The van der Waals surface area contributed by atoms with Crippen molar-refractivity contribution in [3.8, 4) is 0 Å². The Kier molecular flexibility index (Phi) is 12.6. The van der Waals surface area contributed by atoms with Crippen LogP contribution in [0.4, 0.5) is 0 Å². The summed E-state index contributed by atoms with van der Waals surface area (Å²) < 4.78 is 23.2. The molecule has 2 aromatic carbocycles. The van der Waals surface area contributed by atoms with E-state index in [2.05, 4.69) is 30.5 Å². The normalized spacial score (nSPS) is 20.3. The largest absolute Gasteiger partial charge is 0.460 e. The summed E-state index contributed by atoms with van der Waals surface area (Å²) in [7, 11) is 0. The molecular formula is C37H48N2O9. The van der Waals surface area contributed by atoms with Crippen molar-refractivity contribution >= 4 is 22.7 Å². The van der Waals surface area contributed by atoms with Crippen LogP contribution < -0.4 is 0 Å². The number of benzene rings is 2. The van der Waals surface area contributed by atoms with Gasteiger partial charge in [0.1, 0.15) is 23.6 Å². The fraction of sp³-hybridized carbons (Fsp3) is 0.568. The molecule has 3 heterocycles. The number of carbonyl (C=O) groups is 2. The second kappa shape index (κ2) is 17.0. The van der Waals surface area contributed by atoms with Crippen LogP contribution in [-0.4, -0.2) is 79.0 Å². The first-order chi connectivity index (χ1) is 23.3. The van der Waals surface area contributed by atoms with Gasteiger partial charge in [-0.05, 0) is 75.5 Å². The highest BCUT2D eigenvalue weighted by atomic mass is 17.0. The highest BCUT2D eigenvalue weighted by Gasteiger charge is 2.51. The zero-order valence-electron chi connectivity index (χ0n) is 28.3. The average molecular weight is 665 g/mol. The first-order valence-electron chi connectivity index (χ1n) is 17.5. The smallest absolute Gasteiger partial charge is 0.338 e. The number of nitrogens with zero attached hydrogens (tertiary/aromatic N) is 2. The van der Waals surface area contributed by atoms with E-state index in [0.29, 0.717) is 34.3 Å². The fourth-order valence-electron chi connectivity index (χ4n) is 6.55. The Bertz CT molecular complexity index is 1530. The van der Waals surface area contributed by atoms with Crippen LogP contribution in [0.25, 0.3) is 11.0 Å². The molecule has 3 aromatic rings. The molecule has 11 heteroatoms. The average Bonchev–Trinajstić information content (AvgIpc) is 3.78. The van der Waals surface area contributed by atoms with Gasteiger partial charge >= 0.3 is 5.97 Å². The van der Waals surface area contributed by atoms with E-state index >= 15 is 0 Å². The van der Waals surface area contributed by atoms with Crippen molar-refractivity contribution in [1.82, 2.24) is 4.90 Å². The van der Waals surface area contributed by atoms with Crippen molar-refractivity contribution in [3.05, 3.63) is 80.6 Å². The minimum atomic E-state index is -0.878. The predicted molar refractivity (Wildman–Crippen MR) is 180 cm³/mol. The Morgan fingerprint density at radius 2 is 1.46 bits per heavy atom. The number of ketones is 1. The van der Waals surface area contributed by atoms with E-state index in [0.717, 1.165) is 45.3 Å². The quantitative estimate of drug-likeness (QED) is 0.0588. The van der Waals surface area contributed by atoms with E-state index in [4.69, 9.17) is 18.6 Å². The van der Waals surface area contributed by atoms with Gasteiger partial charge in [0.25, 0.3) is 5.09 Å². The standard InChI is InChI=1S/C37H48N2O9/c1-4-7-12-30-33(34(40)26-15-13-25(14-16-26)11-10-21-38(19-8-5-2)20-9-6-3)28-22-27(17-18-29(28)46-30)37(41)47-31-23-44-36-32(48-39(42)43)24-45-35(31)36/h13-18,22,31-32,35-36H,4-12,19-21,23-24H2,1-3H3/t31-,32+,35-,36-/m1/s1. The van der Waals surface area contributed by atoms with Crippen LogP contribution in [0.15, 0.2) is 46.9 Å². The summed E-state index contributed by atoms with van der Waals surface area (Å²) in [5, 5.41) is 10.5. The zero-order valence-corrected chi connectivity index (χ0v) is 28.3. The van der Waals surface area contributed by atoms with E-state index < -0.39 is 35.5 Å². The number of ether oxygens (including phenoxy) is 3. The van der Waals surface area contributed by atoms with Crippen LogP contribution in [0.5, 0.6) is 0 Å². The van der Waals surface area contributed by atoms with Crippen LogP contribution in [0.3, 0.4) is 0 Å². The molecular weight excluding hydrogens is 616 g/mol. The van der Waals surface area contributed by atoms with Gasteiger partial charge in [0.05, 0.1) is 24.3 Å². The molecule has 48 heavy (non-hydrogen) atoms. The molecule has 0 radical (unpaired) electrons. The molecule has 2 fully saturated rings. The molecule has 0 N–H and O–H groups in total. The zero-order chi connectivity index (χ0) is 34.0. The third-order valence-corrected chi connectivity index (χ3v) is 9.24. The minimum absolute atomic E-state index is 0.0312. The molecule has 2 aliphatic heterocycles. The van der Waals surface area contributed by atoms with Crippen molar-refractivity contribution in [2.75, 3.05) is 32.8 Å². The summed E-state index contributed by atoms with van der Waals surface area (Å²) in [6.07, 6.45) is 6.27. The van der Waals surface area contributed by atoms with Crippen LogP contribution >= 0.6 is 0 Å². The Morgan fingerprint density at radius 1 is 0.833 bits per heavy atom. The van der Waals surface area contributed by atoms with Crippen LogP contribution in [0.1, 0.15) is 103 Å². The summed E-state index contributed by atoms with van der Waals surface area (Å²) in [4.78, 5) is 45.4. The molecule has 0 saturated carbocycles. The van der Waals surface area contributed by atoms with E-state index in [1.807, 2.05) is 24.3 Å². The van der Waals surface area contributed by atoms with Crippen molar-refractivity contribution in [2.45, 2.75) is 103 Å². The monoisotopic (exact) mass is 664 g/mol. The van der Waals surface area contributed by atoms with Crippen LogP contribution in [0.2, 0.25) is 0 Å². The molecule has 1 aromatic heterocycles. The highest BCUT2D eigenvalue weighted by molar-refractivity contribution is 6.17. The second-order valence-electron chi connectivity index (χ2n) is 12.8. The van der Waals surface area contributed by atoms with Gasteiger partial charge in [0, 0.05) is 17.4 Å². The van der Waals surface area contributed by atoms with E-state index in [1.165, 1.54) is 31.2 Å². The SMILES string of the molecule is CCCCc1oc2ccc(C(=O)O[C@@H]3CO[C@H]4[C@@H]3OC[C@@H]4O[N+](=O)[O-])cc2c1C(=O)c1ccc(CCCN(CCCC)CCCC)cc1. The first-order valence-corrected chi connectivity index (χ1v) is 17.5. The molecule has 0 spiro atoms. The number of esters is 1. The summed E-state index contributed by atoms with van der Waals surface area (Å²) in [6, 6.07) is 12.8. The van der Waals surface area contributed by atoms with Gasteiger partial charge in [0.15, 0.2) is 18.0 Å². The van der Waals surface area contributed by atoms with Crippen molar-refractivity contribution in [2.24, 2.45) is 0 Å². The lowest BCUT2D eigenvalue weighted by Crippen LogP contribution is -2.35. The number of rotatable bonds is 19. The first kappa shape index (κ1) is 35.5. The maximum Gasteiger partial charge on any atom is 0.338 e. The number of unbranched alkanes of at least 4 members (excludes halogenated alkanes) is 3. The molecule has 0 amide bonds. The molecule has 0 aliphatic carbocycles. The number of furan rings is 1. The maximum absolute atomic E-state index is 14.0. The molecule has 0 unspecified atom stereocenters. The number of carbonyl (C=O) groups excluding carboxylic acids is 2. The van der Waals surface area contributed by atoms with Crippen molar-refractivity contribution in [3.63, 3.8) is 0 Å². The highest BCUT2D eigenvalue weighted by Crippen LogP contribution is 2.33. The Balaban J connectivity index is 1.29. The summed E-state index contributed by atoms with van der Waals surface area (Å²) in [5.41, 5.74) is 3.01. The van der Waals surface area contributed by atoms with Gasteiger partial charge in [-0.25, -0.2) is 4.79 Å². The maximum atomic E-state index is 14.0. The minimum Gasteiger partial charge on any atom is -0.460 e. The lowest BCUT2D eigenvalue weighted by Gasteiger charge is -2.21. The van der Waals surface area contributed by atoms with Crippen LogP contribution in [0, 0.1) is 10.1 Å². The molecule has 2 aliphatic rings. The van der Waals surface area contributed by atoms with Gasteiger partial charge in [-0.1, -0.05) is 64.3 Å². The number of aryl methyl sites for hydroxylation is 2. The third kappa shape index (κ3) is 8.61. The number of hydrogen-bond donors (Lipinski definition) is 0. The van der Waals surface area contributed by atoms with Crippen LogP contribution in [-0.2, 0) is 31.9 Å². The molecule has 0 bridgehead atoms. The van der Waals surface area contributed by atoms with E-state index in [9.17, 15) is 19.7 Å². The van der Waals surface area contributed by atoms with E-state index in [1.54, 1.807) is 18.2 Å². The molecule has 11 nitrogen and oxygen atoms in total. The van der Waals surface area contributed by atoms with Gasteiger partial charge in [-0.3, -0.25) is 4.79 Å². The molecule has 260 valence electrons. The lowest BCUT2D eigenvalue weighted by molar-refractivity contribution is -0.769. The summed E-state index contributed by atoms with van der Waals surface area (Å²) in [5.74, 6) is -0.158. The Morgan fingerprint density at radius 3 is 2.12 bits per heavy atom.